The number of aryl methyl sites for hydroxylation is 1. The van der Waals surface area contributed by atoms with E-state index in [0.29, 0.717) is 16.9 Å². The summed E-state index contributed by atoms with van der Waals surface area (Å²) in [7, 11) is 1.83. The number of hydrogen-bond acceptors (Lipinski definition) is 7. The molecule has 3 aromatic rings. The van der Waals surface area contributed by atoms with Gasteiger partial charge in [0, 0.05) is 49.7 Å². The Morgan fingerprint density at radius 2 is 1.89 bits per heavy atom. The number of rotatable bonds is 6. The highest BCUT2D eigenvalue weighted by Gasteiger charge is 2.25. The van der Waals surface area contributed by atoms with Gasteiger partial charge >= 0.3 is 0 Å². The number of hydrogen-bond donors (Lipinski definition) is 2. The van der Waals surface area contributed by atoms with Gasteiger partial charge in [0.2, 0.25) is 0 Å². The third-order valence-electron chi connectivity index (χ3n) is 7.02. The van der Waals surface area contributed by atoms with Crippen molar-refractivity contribution in [2.75, 3.05) is 50.4 Å². The van der Waals surface area contributed by atoms with Crippen LogP contribution in [0.3, 0.4) is 0 Å². The van der Waals surface area contributed by atoms with Crippen molar-refractivity contribution in [1.82, 2.24) is 20.0 Å². The lowest BCUT2D eigenvalue weighted by atomic mass is 9.98. The molecule has 2 N–H and O–H groups in total. The summed E-state index contributed by atoms with van der Waals surface area (Å²) in [5.74, 6) is 0.682. The fourth-order valence-electron chi connectivity index (χ4n) is 4.78. The monoisotopic (exact) mass is 471 g/mol. The van der Waals surface area contributed by atoms with E-state index in [-0.39, 0.29) is 11.9 Å². The Morgan fingerprint density at radius 1 is 1.14 bits per heavy atom. The van der Waals surface area contributed by atoms with Crippen molar-refractivity contribution in [3.63, 3.8) is 0 Å². The molecule has 0 spiro atoms. The van der Waals surface area contributed by atoms with Gasteiger partial charge in [-0.2, -0.15) is 10.4 Å². The van der Waals surface area contributed by atoms with Crippen LogP contribution in [-0.2, 0) is 0 Å². The summed E-state index contributed by atoms with van der Waals surface area (Å²) in [5.41, 5.74) is 4.84. The van der Waals surface area contributed by atoms with Crippen LogP contribution in [0.15, 0.2) is 30.3 Å². The van der Waals surface area contributed by atoms with Gasteiger partial charge in [-0.05, 0) is 56.6 Å². The Bertz CT molecular complexity index is 1290. The van der Waals surface area contributed by atoms with E-state index in [9.17, 15) is 10.1 Å². The molecule has 0 saturated carbocycles. The van der Waals surface area contributed by atoms with Crippen LogP contribution in [0.5, 0.6) is 0 Å². The summed E-state index contributed by atoms with van der Waals surface area (Å²) in [5, 5.41) is 26.7. The molecule has 0 radical (unpaired) electrons. The number of likely N-dealkylation sites (N-methyl/N-ethyl adjacent to an activating group) is 1. The van der Waals surface area contributed by atoms with Crippen LogP contribution in [0.2, 0.25) is 0 Å². The molecule has 35 heavy (non-hydrogen) atoms. The number of carbonyl (C=O) groups is 1. The molecule has 1 aromatic heterocycles. The van der Waals surface area contributed by atoms with Crippen LogP contribution in [0, 0.1) is 25.2 Å². The van der Waals surface area contributed by atoms with E-state index in [1.165, 1.54) is 0 Å². The minimum Gasteiger partial charge on any atom is -0.387 e. The molecule has 8 nitrogen and oxygen atoms in total. The molecule has 2 heterocycles. The summed E-state index contributed by atoms with van der Waals surface area (Å²) in [6.07, 6.45) is 0. The van der Waals surface area contributed by atoms with Gasteiger partial charge in [0.25, 0.3) is 5.91 Å². The predicted molar refractivity (Wildman–Crippen MR) is 140 cm³/mol. The first kappa shape index (κ1) is 24.4. The Morgan fingerprint density at radius 3 is 2.54 bits per heavy atom. The highest BCUT2D eigenvalue weighted by Crippen LogP contribution is 2.32. The molecule has 0 bridgehead atoms. The molecule has 0 aliphatic carbocycles. The molecule has 182 valence electrons. The van der Waals surface area contributed by atoms with E-state index < -0.39 is 0 Å². The van der Waals surface area contributed by atoms with E-state index in [0.717, 1.165) is 66.0 Å². The van der Waals surface area contributed by atoms with Crippen molar-refractivity contribution in [2.24, 2.45) is 0 Å². The number of benzene rings is 2. The van der Waals surface area contributed by atoms with Gasteiger partial charge in [-0.1, -0.05) is 19.1 Å². The number of nitrogens with one attached hydrogen (secondary N) is 2. The SMILES string of the molecule is CCN1CCN(C(=O)c2cc3c(C)nnc(NC(C)c4cccc(C#N)c4C)c3cc2NC)CC1. The standard InChI is InChI=1S/C27H33N7O/c1-6-33-10-12-34(13-11-33)27(35)24-14-22-19(4)31-32-26(23(22)15-25(24)29-5)30-18(3)21-9-7-8-20(16-28)17(21)2/h7-9,14-15,18,29H,6,10-13H2,1-5H3,(H,30,32). The summed E-state index contributed by atoms with van der Waals surface area (Å²) in [4.78, 5) is 17.8. The lowest BCUT2D eigenvalue weighted by Gasteiger charge is -2.34. The third kappa shape index (κ3) is 4.77. The second-order valence-electron chi connectivity index (χ2n) is 9.05. The Labute approximate surface area is 206 Å². The smallest absolute Gasteiger partial charge is 0.256 e. The number of nitriles is 1. The van der Waals surface area contributed by atoms with E-state index >= 15 is 0 Å². The number of amides is 1. The molecule has 4 rings (SSSR count). The topological polar surface area (TPSA) is 97.2 Å². The Balaban J connectivity index is 1.69. The van der Waals surface area contributed by atoms with Gasteiger partial charge in [0.05, 0.1) is 28.9 Å². The van der Waals surface area contributed by atoms with Gasteiger partial charge in [-0.15, -0.1) is 5.10 Å². The normalized spacial score (nSPS) is 15.0. The van der Waals surface area contributed by atoms with Crippen LogP contribution in [0.25, 0.3) is 10.8 Å². The van der Waals surface area contributed by atoms with E-state index in [1.807, 2.05) is 63.1 Å². The lowest BCUT2D eigenvalue weighted by Crippen LogP contribution is -2.48. The first-order valence-corrected chi connectivity index (χ1v) is 12.1. The fourth-order valence-corrected chi connectivity index (χ4v) is 4.78. The molecule has 1 unspecified atom stereocenters. The third-order valence-corrected chi connectivity index (χ3v) is 7.02. The first-order chi connectivity index (χ1) is 16.9. The van der Waals surface area contributed by atoms with Crippen LogP contribution < -0.4 is 10.6 Å². The zero-order chi connectivity index (χ0) is 25.1. The molecule has 1 amide bonds. The fraction of sp³-hybridized carbons (Fsp3) is 0.407. The number of fused-ring (bicyclic) bond motifs is 1. The van der Waals surface area contributed by atoms with Crippen molar-refractivity contribution in [3.05, 3.63) is 58.3 Å². The van der Waals surface area contributed by atoms with Crippen molar-refractivity contribution in [3.8, 4) is 6.07 Å². The minimum atomic E-state index is -0.0855. The zero-order valence-electron chi connectivity index (χ0n) is 21.1. The van der Waals surface area contributed by atoms with Gasteiger partial charge < -0.3 is 20.4 Å². The highest BCUT2D eigenvalue weighted by atomic mass is 16.2. The maximum Gasteiger partial charge on any atom is 0.256 e. The number of piperazine rings is 1. The lowest BCUT2D eigenvalue weighted by molar-refractivity contribution is 0.0644. The molecule has 1 aliphatic rings. The largest absolute Gasteiger partial charge is 0.387 e. The number of anilines is 2. The van der Waals surface area contributed by atoms with Crippen molar-refractivity contribution >= 4 is 28.2 Å². The van der Waals surface area contributed by atoms with Gasteiger partial charge in [0.1, 0.15) is 0 Å². The number of aromatic nitrogens is 2. The molecule has 2 aromatic carbocycles. The average molecular weight is 472 g/mol. The second-order valence-corrected chi connectivity index (χ2v) is 9.05. The second kappa shape index (κ2) is 10.3. The van der Waals surface area contributed by atoms with Crippen molar-refractivity contribution in [1.29, 1.82) is 5.26 Å². The average Bonchev–Trinajstić information content (AvgIpc) is 2.89. The van der Waals surface area contributed by atoms with Gasteiger partial charge in [0.15, 0.2) is 5.82 Å². The van der Waals surface area contributed by atoms with Crippen LogP contribution in [0.4, 0.5) is 11.5 Å². The van der Waals surface area contributed by atoms with Gasteiger partial charge in [-0.25, -0.2) is 0 Å². The molecule has 1 saturated heterocycles. The molecular weight excluding hydrogens is 438 g/mol. The Hall–Kier alpha value is -3.70. The van der Waals surface area contributed by atoms with E-state index in [1.54, 1.807) is 0 Å². The Kier molecular flexibility index (Phi) is 7.17. The molecule has 1 atom stereocenters. The molecular formula is C27H33N7O. The maximum atomic E-state index is 13.5. The predicted octanol–water partition coefficient (Wildman–Crippen LogP) is 4.11. The summed E-state index contributed by atoms with van der Waals surface area (Å²) < 4.78 is 0. The number of nitrogens with zero attached hydrogens (tertiary/aromatic N) is 5. The number of carbonyl (C=O) groups excluding carboxylic acids is 1. The summed E-state index contributed by atoms with van der Waals surface area (Å²) in [6, 6.07) is 11.8. The van der Waals surface area contributed by atoms with E-state index in [4.69, 9.17) is 0 Å². The molecule has 1 fully saturated rings. The van der Waals surface area contributed by atoms with E-state index in [2.05, 4.69) is 38.7 Å². The molecule has 8 heteroatoms. The first-order valence-electron chi connectivity index (χ1n) is 12.1. The van der Waals surface area contributed by atoms with Crippen molar-refractivity contribution in [2.45, 2.75) is 33.7 Å². The quantitative estimate of drug-likeness (QED) is 0.558. The maximum absolute atomic E-state index is 13.5. The zero-order valence-corrected chi connectivity index (χ0v) is 21.1. The highest BCUT2D eigenvalue weighted by molar-refractivity contribution is 6.06. The summed E-state index contributed by atoms with van der Waals surface area (Å²) in [6.45, 7) is 12.3. The minimum absolute atomic E-state index is 0.0371. The van der Waals surface area contributed by atoms with Crippen molar-refractivity contribution < 1.29 is 4.79 Å². The van der Waals surface area contributed by atoms with Gasteiger partial charge in [-0.3, -0.25) is 4.79 Å². The summed E-state index contributed by atoms with van der Waals surface area (Å²) >= 11 is 0. The van der Waals surface area contributed by atoms with Crippen LogP contribution in [0.1, 0.15) is 52.6 Å². The molecule has 1 aliphatic heterocycles. The van der Waals surface area contributed by atoms with Crippen LogP contribution in [-0.4, -0.2) is 65.7 Å². The van der Waals surface area contributed by atoms with Crippen LogP contribution >= 0.6 is 0 Å².